The summed E-state index contributed by atoms with van der Waals surface area (Å²) in [5.74, 6) is 0.127. The first-order valence-electron chi connectivity index (χ1n) is 8.41. The standard InChI is InChI=1S/C19H20N4O2/c1-13-8-14(2)10-16(9-13)23-7-6-22(12-18(23)24)11-15-4-3-5-17-19(15)21-25-20-17/h3-5,8-10H,6-7,11-12H2,1-2H3. The van der Waals surface area contributed by atoms with Crippen LogP contribution in [0.5, 0.6) is 0 Å². The molecule has 6 heteroatoms. The fourth-order valence-electron chi connectivity index (χ4n) is 3.47. The third kappa shape index (κ3) is 3.13. The van der Waals surface area contributed by atoms with E-state index in [2.05, 4.69) is 47.3 Å². The van der Waals surface area contributed by atoms with Crippen molar-refractivity contribution in [2.45, 2.75) is 20.4 Å². The second-order valence-electron chi connectivity index (χ2n) is 6.65. The van der Waals surface area contributed by atoms with Crippen LogP contribution in [-0.4, -0.2) is 40.8 Å². The molecular weight excluding hydrogens is 316 g/mol. The Balaban J connectivity index is 1.50. The molecule has 1 amide bonds. The van der Waals surface area contributed by atoms with Gasteiger partial charge in [-0.1, -0.05) is 18.2 Å². The fourth-order valence-corrected chi connectivity index (χ4v) is 3.47. The van der Waals surface area contributed by atoms with Crippen molar-refractivity contribution in [1.29, 1.82) is 0 Å². The van der Waals surface area contributed by atoms with Gasteiger partial charge in [-0.3, -0.25) is 9.69 Å². The van der Waals surface area contributed by atoms with Crippen LogP contribution < -0.4 is 4.90 Å². The molecule has 1 aliphatic rings. The lowest BCUT2D eigenvalue weighted by atomic mass is 10.1. The Morgan fingerprint density at radius 2 is 1.88 bits per heavy atom. The van der Waals surface area contributed by atoms with E-state index in [1.807, 2.05) is 23.1 Å². The summed E-state index contributed by atoms with van der Waals surface area (Å²) >= 11 is 0. The number of rotatable bonds is 3. The molecule has 0 aliphatic carbocycles. The monoisotopic (exact) mass is 336 g/mol. The zero-order valence-corrected chi connectivity index (χ0v) is 14.4. The Hall–Kier alpha value is -2.73. The molecular formula is C19H20N4O2. The lowest BCUT2D eigenvalue weighted by Gasteiger charge is -2.34. The summed E-state index contributed by atoms with van der Waals surface area (Å²) in [6.07, 6.45) is 0. The third-order valence-corrected chi connectivity index (χ3v) is 4.58. The largest absolute Gasteiger partial charge is 0.310 e. The van der Waals surface area contributed by atoms with Crippen LogP contribution in [0.3, 0.4) is 0 Å². The summed E-state index contributed by atoms with van der Waals surface area (Å²) < 4.78 is 4.82. The van der Waals surface area contributed by atoms with Gasteiger partial charge in [0, 0.05) is 25.3 Å². The lowest BCUT2D eigenvalue weighted by molar-refractivity contribution is -0.121. The van der Waals surface area contributed by atoms with Gasteiger partial charge >= 0.3 is 0 Å². The molecule has 128 valence electrons. The Morgan fingerprint density at radius 1 is 1.08 bits per heavy atom. The van der Waals surface area contributed by atoms with E-state index in [4.69, 9.17) is 4.63 Å². The summed E-state index contributed by atoms with van der Waals surface area (Å²) in [7, 11) is 0. The zero-order chi connectivity index (χ0) is 17.4. The first-order valence-corrected chi connectivity index (χ1v) is 8.41. The SMILES string of the molecule is Cc1cc(C)cc(N2CCN(Cc3cccc4nonc34)CC2=O)c1. The predicted molar refractivity (Wildman–Crippen MR) is 95.4 cm³/mol. The van der Waals surface area contributed by atoms with E-state index in [9.17, 15) is 4.79 Å². The Morgan fingerprint density at radius 3 is 2.64 bits per heavy atom. The molecule has 1 aliphatic heterocycles. The molecule has 1 aromatic heterocycles. The molecule has 0 unspecified atom stereocenters. The minimum absolute atomic E-state index is 0.127. The zero-order valence-electron chi connectivity index (χ0n) is 14.4. The predicted octanol–water partition coefficient (Wildman–Crippen LogP) is 2.69. The number of hydrogen-bond acceptors (Lipinski definition) is 5. The molecule has 0 bridgehead atoms. The fraction of sp³-hybridized carbons (Fsp3) is 0.316. The molecule has 1 saturated heterocycles. The summed E-state index contributed by atoms with van der Waals surface area (Å²) in [6, 6.07) is 12.1. The van der Waals surface area contributed by atoms with Gasteiger partial charge < -0.3 is 4.90 Å². The first kappa shape index (κ1) is 15.8. The molecule has 0 atom stereocenters. The van der Waals surface area contributed by atoms with Crippen LogP contribution in [0.1, 0.15) is 16.7 Å². The second-order valence-corrected chi connectivity index (χ2v) is 6.65. The molecule has 2 heterocycles. The molecule has 0 N–H and O–H groups in total. The number of amides is 1. The number of carbonyl (C=O) groups is 1. The van der Waals surface area contributed by atoms with Gasteiger partial charge in [0.25, 0.3) is 0 Å². The van der Waals surface area contributed by atoms with Crippen LogP contribution in [-0.2, 0) is 11.3 Å². The molecule has 0 radical (unpaired) electrons. The number of piperazine rings is 1. The Labute approximate surface area is 146 Å². The highest BCUT2D eigenvalue weighted by Gasteiger charge is 2.26. The normalized spacial score (nSPS) is 15.9. The number of benzene rings is 2. The average Bonchev–Trinajstić information content (AvgIpc) is 3.04. The van der Waals surface area contributed by atoms with Crippen molar-refractivity contribution in [3.05, 3.63) is 53.1 Å². The van der Waals surface area contributed by atoms with Crippen LogP contribution in [0.25, 0.3) is 11.0 Å². The van der Waals surface area contributed by atoms with Crippen molar-refractivity contribution in [2.75, 3.05) is 24.5 Å². The van der Waals surface area contributed by atoms with Crippen molar-refractivity contribution in [1.82, 2.24) is 15.2 Å². The quantitative estimate of drug-likeness (QED) is 0.736. The van der Waals surface area contributed by atoms with Crippen LogP contribution in [0.2, 0.25) is 0 Å². The van der Waals surface area contributed by atoms with E-state index in [0.29, 0.717) is 19.6 Å². The van der Waals surface area contributed by atoms with Gasteiger partial charge in [0.1, 0.15) is 11.0 Å². The molecule has 0 spiro atoms. The van der Waals surface area contributed by atoms with E-state index in [1.54, 1.807) is 0 Å². The van der Waals surface area contributed by atoms with Crippen LogP contribution >= 0.6 is 0 Å². The van der Waals surface area contributed by atoms with E-state index in [0.717, 1.165) is 28.8 Å². The number of anilines is 1. The van der Waals surface area contributed by atoms with E-state index < -0.39 is 0 Å². The smallest absolute Gasteiger partial charge is 0.241 e. The molecule has 2 aromatic carbocycles. The van der Waals surface area contributed by atoms with E-state index >= 15 is 0 Å². The number of nitrogens with zero attached hydrogens (tertiary/aromatic N) is 4. The molecule has 1 fully saturated rings. The van der Waals surface area contributed by atoms with Gasteiger partial charge in [-0.25, -0.2) is 4.63 Å². The number of hydrogen-bond donors (Lipinski definition) is 0. The molecule has 0 saturated carbocycles. The van der Waals surface area contributed by atoms with E-state index in [1.165, 1.54) is 11.1 Å². The highest BCUT2D eigenvalue weighted by molar-refractivity contribution is 5.95. The van der Waals surface area contributed by atoms with Gasteiger partial charge in [0.05, 0.1) is 6.54 Å². The lowest BCUT2D eigenvalue weighted by Crippen LogP contribution is -2.50. The number of aryl methyl sites for hydroxylation is 2. The van der Waals surface area contributed by atoms with Crippen LogP contribution in [0.4, 0.5) is 5.69 Å². The van der Waals surface area contributed by atoms with Crippen molar-refractivity contribution >= 4 is 22.6 Å². The minimum Gasteiger partial charge on any atom is -0.310 e. The van der Waals surface area contributed by atoms with Gasteiger partial charge in [-0.2, -0.15) is 0 Å². The number of fused-ring (bicyclic) bond motifs is 1. The summed E-state index contributed by atoms with van der Waals surface area (Å²) in [4.78, 5) is 16.7. The topological polar surface area (TPSA) is 62.5 Å². The van der Waals surface area contributed by atoms with Crippen molar-refractivity contribution in [3.63, 3.8) is 0 Å². The number of aromatic nitrogens is 2. The maximum Gasteiger partial charge on any atom is 0.241 e. The van der Waals surface area contributed by atoms with Gasteiger partial charge in [-0.15, -0.1) is 0 Å². The average molecular weight is 336 g/mol. The molecule has 3 aromatic rings. The highest BCUT2D eigenvalue weighted by Crippen LogP contribution is 2.22. The summed E-state index contributed by atoms with van der Waals surface area (Å²) in [6.45, 7) is 6.69. The first-order chi connectivity index (χ1) is 12.1. The maximum absolute atomic E-state index is 12.7. The third-order valence-electron chi connectivity index (χ3n) is 4.58. The van der Waals surface area contributed by atoms with Gasteiger partial charge in [0.2, 0.25) is 5.91 Å². The van der Waals surface area contributed by atoms with E-state index in [-0.39, 0.29) is 5.91 Å². The highest BCUT2D eigenvalue weighted by atomic mass is 16.6. The molecule has 6 nitrogen and oxygen atoms in total. The summed E-state index contributed by atoms with van der Waals surface area (Å²) in [5, 5.41) is 7.85. The molecule has 25 heavy (non-hydrogen) atoms. The van der Waals surface area contributed by atoms with Crippen molar-refractivity contribution < 1.29 is 9.42 Å². The Kier molecular flexibility index (Phi) is 3.97. The van der Waals surface area contributed by atoms with Crippen LogP contribution in [0, 0.1) is 13.8 Å². The van der Waals surface area contributed by atoms with Crippen molar-refractivity contribution in [3.8, 4) is 0 Å². The number of carbonyl (C=O) groups excluding carboxylic acids is 1. The maximum atomic E-state index is 12.7. The Bertz CT molecular complexity index is 914. The van der Waals surface area contributed by atoms with Gasteiger partial charge in [0.15, 0.2) is 0 Å². The minimum atomic E-state index is 0.127. The van der Waals surface area contributed by atoms with Gasteiger partial charge in [-0.05, 0) is 59.1 Å². The van der Waals surface area contributed by atoms with Crippen LogP contribution in [0.15, 0.2) is 41.0 Å². The summed E-state index contributed by atoms with van der Waals surface area (Å²) in [5.41, 5.74) is 5.90. The van der Waals surface area contributed by atoms with Crippen molar-refractivity contribution in [2.24, 2.45) is 0 Å². The molecule has 4 rings (SSSR count). The second kappa shape index (κ2) is 6.29.